The molecule has 1 saturated carbocycles. The average Bonchev–Trinajstić information content (AvgIpc) is 2.93. The monoisotopic (exact) mass is 534 g/mol. The van der Waals surface area contributed by atoms with E-state index in [0.717, 1.165) is 54.9 Å². The molecule has 0 bridgehead atoms. The SMILES string of the molecule is C=C(C)C(=O)Oc1cc(-c2ccc(C3CCC(CCCCC)CC3)c(CC)c2)ccc1CCCCCCS. The maximum absolute atomic E-state index is 12.4. The van der Waals surface area contributed by atoms with Crippen molar-refractivity contribution in [1.82, 2.24) is 0 Å². The number of benzene rings is 2. The third-order valence-electron chi connectivity index (χ3n) is 8.33. The molecule has 2 nitrogen and oxygen atoms in total. The first-order chi connectivity index (χ1) is 18.5. The number of ether oxygens (including phenoxy) is 1. The maximum Gasteiger partial charge on any atom is 0.338 e. The van der Waals surface area contributed by atoms with Gasteiger partial charge in [0, 0.05) is 5.57 Å². The van der Waals surface area contributed by atoms with Crippen LogP contribution in [0.4, 0.5) is 0 Å². The zero-order chi connectivity index (χ0) is 27.3. The predicted molar refractivity (Wildman–Crippen MR) is 167 cm³/mol. The molecular formula is C35H50O2S. The van der Waals surface area contributed by atoms with Crippen molar-refractivity contribution in [1.29, 1.82) is 0 Å². The van der Waals surface area contributed by atoms with Crippen LogP contribution in [-0.4, -0.2) is 11.7 Å². The minimum absolute atomic E-state index is 0.353. The molecule has 1 aliphatic rings. The molecule has 0 heterocycles. The molecular weight excluding hydrogens is 484 g/mol. The largest absolute Gasteiger partial charge is 0.423 e. The van der Waals surface area contributed by atoms with Gasteiger partial charge in [-0.2, -0.15) is 12.6 Å². The second kappa shape index (κ2) is 16.2. The summed E-state index contributed by atoms with van der Waals surface area (Å²) in [4.78, 5) is 12.4. The van der Waals surface area contributed by atoms with E-state index in [4.69, 9.17) is 4.74 Å². The third-order valence-corrected chi connectivity index (χ3v) is 8.65. The van der Waals surface area contributed by atoms with Gasteiger partial charge in [-0.15, -0.1) is 0 Å². The Morgan fingerprint density at radius 1 is 0.895 bits per heavy atom. The highest BCUT2D eigenvalue weighted by Gasteiger charge is 2.24. The molecule has 3 rings (SSSR count). The second-order valence-corrected chi connectivity index (χ2v) is 11.8. The summed E-state index contributed by atoms with van der Waals surface area (Å²) >= 11 is 4.31. The molecule has 0 saturated heterocycles. The Morgan fingerprint density at radius 3 is 2.29 bits per heavy atom. The lowest BCUT2D eigenvalue weighted by Crippen LogP contribution is -2.14. The van der Waals surface area contributed by atoms with Crippen LogP contribution in [0.25, 0.3) is 11.1 Å². The van der Waals surface area contributed by atoms with E-state index in [9.17, 15) is 4.79 Å². The molecule has 2 aromatic carbocycles. The van der Waals surface area contributed by atoms with Crippen LogP contribution in [0.1, 0.15) is 120 Å². The number of hydrogen-bond acceptors (Lipinski definition) is 3. The first kappa shape index (κ1) is 30.5. The summed E-state index contributed by atoms with van der Waals surface area (Å²) in [5, 5.41) is 0. The highest BCUT2D eigenvalue weighted by Crippen LogP contribution is 2.40. The molecule has 1 aliphatic carbocycles. The summed E-state index contributed by atoms with van der Waals surface area (Å²) in [6.45, 7) is 10.0. The lowest BCUT2D eigenvalue weighted by Gasteiger charge is -2.30. The fraction of sp³-hybridized carbons (Fsp3) is 0.571. The Kier molecular flexibility index (Phi) is 13.0. The van der Waals surface area contributed by atoms with Crippen molar-refractivity contribution in [2.45, 2.75) is 117 Å². The number of rotatable bonds is 15. The number of aryl methyl sites for hydroxylation is 2. The van der Waals surface area contributed by atoms with Crippen LogP contribution < -0.4 is 4.74 Å². The van der Waals surface area contributed by atoms with Gasteiger partial charge < -0.3 is 4.74 Å². The molecule has 1 fully saturated rings. The maximum atomic E-state index is 12.4. The van der Waals surface area contributed by atoms with Crippen LogP contribution in [-0.2, 0) is 17.6 Å². The lowest BCUT2D eigenvalue weighted by atomic mass is 9.75. The number of unbranched alkanes of at least 4 members (excludes halogenated alkanes) is 5. The molecule has 0 radical (unpaired) electrons. The van der Waals surface area contributed by atoms with Crippen LogP contribution in [0.15, 0.2) is 48.6 Å². The first-order valence-electron chi connectivity index (χ1n) is 15.2. The molecule has 208 valence electrons. The molecule has 0 amide bonds. The van der Waals surface area contributed by atoms with Crippen molar-refractivity contribution in [2.24, 2.45) is 5.92 Å². The molecule has 38 heavy (non-hydrogen) atoms. The quantitative estimate of drug-likeness (QED) is 0.0808. The van der Waals surface area contributed by atoms with Gasteiger partial charge in [0.15, 0.2) is 0 Å². The smallest absolute Gasteiger partial charge is 0.338 e. The van der Waals surface area contributed by atoms with E-state index >= 15 is 0 Å². The Bertz CT molecular complexity index is 1030. The zero-order valence-electron chi connectivity index (χ0n) is 24.2. The van der Waals surface area contributed by atoms with Crippen molar-refractivity contribution >= 4 is 18.6 Å². The van der Waals surface area contributed by atoms with Gasteiger partial charge >= 0.3 is 5.97 Å². The summed E-state index contributed by atoms with van der Waals surface area (Å²) in [5.74, 6) is 2.89. The summed E-state index contributed by atoms with van der Waals surface area (Å²) in [7, 11) is 0. The van der Waals surface area contributed by atoms with Gasteiger partial charge in [0.1, 0.15) is 5.75 Å². The van der Waals surface area contributed by atoms with Crippen molar-refractivity contribution in [3.63, 3.8) is 0 Å². The van der Waals surface area contributed by atoms with Crippen LogP contribution in [0, 0.1) is 5.92 Å². The molecule has 2 aromatic rings. The van der Waals surface area contributed by atoms with Gasteiger partial charge in [0.05, 0.1) is 0 Å². The fourth-order valence-corrected chi connectivity index (χ4v) is 6.16. The van der Waals surface area contributed by atoms with E-state index < -0.39 is 0 Å². The minimum atomic E-state index is -0.353. The summed E-state index contributed by atoms with van der Waals surface area (Å²) in [6, 6.07) is 13.4. The molecule has 3 heteroatoms. The van der Waals surface area contributed by atoms with Crippen molar-refractivity contribution in [3.8, 4) is 16.9 Å². The van der Waals surface area contributed by atoms with Gasteiger partial charge in [-0.1, -0.05) is 89.3 Å². The van der Waals surface area contributed by atoms with E-state index in [0.29, 0.717) is 17.2 Å². The average molecular weight is 535 g/mol. The van der Waals surface area contributed by atoms with Crippen molar-refractivity contribution < 1.29 is 9.53 Å². The Hall–Kier alpha value is -2.00. The Morgan fingerprint density at radius 2 is 1.61 bits per heavy atom. The molecule has 0 atom stereocenters. The zero-order valence-corrected chi connectivity index (χ0v) is 25.1. The predicted octanol–water partition coefficient (Wildman–Crippen LogP) is 10.3. The molecule has 0 N–H and O–H groups in total. The van der Waals surface area contributed by atoms with Gasteiger partial charge in [-0.3, -0.25) is 0 Å². The van der Waals surface area contributed by atoms with Gasteiger partial charge in [0.2, 0.25) is 0 Å². The summed E-state index contributed by atoms with van der Waals surface area (Å²) < 4.78 is 5.82. The highest BCUT2D eigenvalue weighted by molar-refractivity contribution is 7.80. The van der Waals surface area contributed by atoms with Crippen molar-refractivity contribution in [3.05, 3.63) is 65.2 Å². The first-order valence-corrected chi connectivity index (χ1v) is 15.8. The van der Waals surface area contributed by atoms with E-state index in [-0.39, 0.29) is 5.97 Å². The lowest BCUT2D eigenvalue weighted by molar-refractivity contribution is -0.130. The van der Waals surface area contributed by atoms with E-state index in [1.165, 1.54) is 68.9 Å². The van der Waals surface area contributed by atoms with Crippen LogP contribution in [0.2, 0.25) is 0 Å². The molecule has 0 unspecified atom stereocenters. The Labute approximate surface area is 238 Å². The summed E-state index contributed by atoms with van der Waals surface area (Å²) in [6.07, 6.45) is 17.5. The standard InChI is InChI=1S/C35H50O2S/c1-5-7-10-13-27-15-17-29(18-16-27)33-22-21-31(24-28(33)6-2)32-20-19-30(14-11-8-9-12-23-38)34(25-32)37-35(36)26(3)4/h19-22,24-25,27,29,38H,3,5-18,23H2,1-2,4H3. The topological polar surface area (TPSA) is 26.3 Å². The van der Waals surface area contributed by atoms with E-state index in [2.05, 4.69) is 69.5 Å². The number of esters is 1. The fourth-order valence-electron chi connectivity index (χ4n) is 5.94. The van der Waals surface area contributed by atoms with Crippen LogP contribution >= 0.6 is 12.6 Å². The Balaban J connectivity index is 1.75. The number of hydrogen-bond donors (Lipinski definition) is 1. The second-order valence-electron chi connectivity index (χ2n) is 11.4. The number of carbonyl (C=O) groups excluding carboxylic acids is 1. The molecule has 0 aromatic heterocycles. The third kappa shape index (κ3) is 9.04. The summed E-state index contributed by atoms with van der Waals surface area (Å²) in [5.41, 5.74) is 6.84. The normalized spacial score (nSPS) is 17.4. The van der Waals surface area contributed by atoms with E-state index in [1.807, 2.05) is 0 Å². The van der Waals surface area contributed by atoms with Gasteiger partial charge in [-0.05, 0) is 110 Å². The number of carbonyl (C=O) groups is 1. The van der Waals surface area contributed by atoms with Gasteiger partial charge in [0.25, 0.3) is 0 Å². The van der Waals surface area contributed by atoms with Crippen LogP contribution in [0.3, 0.4) is 0 Å². The van der Waals surface area contributed by atoms with Crippen molar-refractivity contribution in [2.75, 3.05) is 5.75 Å². The van der Waals surface area contributed by atoms with Crippen LogP contribution in [0.5, 0.6) is 5.75 Å². The molecule has 0 aliphatic heterocycles. The highest BCUT2D eigenvalue weighted by atomic mass is 32.1. The number of thiol groups is 1. The van der Waals surface area contributed by atoms with Gasteiger partial charge in [-0.25, -0.2) is 4.79 Å². The minimum Gasteiger partial charge on any atom is -0.423 e. The molecule has 0 spiro atoms. The van der Waals surface area contributed by atoms with E-state index in [1.54, 1.807) is 12.5 Å².